The van der Waals surface area contributed by atoms with Crippen molar-refractivity contribution in [2.45, 2.75) is 58.9 Å². The number of piperidine rings is 1. The van der Waals surface area contributed by atoms with Crippen molar-refractivity contribution in [1.29, 1.82) is 0 Å². The lowest BCUT2D eigenvalue weighted by atomic mass is 9.96. The Balaban J connectivity index is 2.49. The second-order valence-electron chi connectivity index (χ2n) is 6.58. The lowest BCUT2D eigenvalue weighted by Gasteiger charge is -2.32. The fourth-order valence-electron chi connectivity index (χ4n) is 2.32. The van der Waals surface area contributed by atoms with E-state index in [-0.39, 0.29) is 23.1 Å². The van der Waals surface area contributed by atoms with Gasteiger partial charge in [-0.1, -0.05) is 13.3 Å². The van der Waals surface area contributed by atoms with Crippen LogP contribution in [0.15, 0.2) is 0 Å². The Morgan fingerprint density at radius 1 is 1.25 bits per heavy atom. The summed E-state index contributed by atoms with van der Waals surface area (Å²) in [6.07, 6.45) is 2.82. The van der Waals surface area contributed by atoms with Crippen molar-refractivity contribution in [3.05, 3.63) is 0 Å². The fraction of sp³-hybridized carbons (Fsp3) is 0.929. The molecule has 0 aromatic carbocycles. The lowest BCUT2D eigenvalue weighted by Crippen LogP contribution is -2.48. The summed E-state index contributed by atoms with van der Waals surface area (Å²) in [6.45, 7) is 8.78. The molecule has 0 spiro atoms. The predicted molar refractivity (Wildman–Crippen MR) is 80.9 cm³/mol. The van der Waals surface area contributed by atoms with Gasteiger partial charge in [0.15, 0.2) is 0 Å². The Hall–Kier alpha value is -0.620. The quantitative estimate of drug-likeness (QED) is 0.841. The van der Waals surface area contributed by atoms with Crippen LogP contribution in [0.4, 0.5) is 0 Å². The van der Waals surface area contributed by atoms with Crippen LogP contribution in [0.2, 0.25) is 0 Å². The molecule has 1 saturated heterocycles. The highest BCUT2D eigenvalue weighted by Crippen LogP contribution is 2.21. The molecule has 0 aromatic heterocycles. The van der Waals surface area contributed by atoms with Gasteiger partial charge in [-0.15, -0.1) is 0 Å². The molecule has 1 amide bonds. The van der Waals surface area contributed by atoms with E-state index in [4.69, 9.17) is 0 Å². The van der Waals surface area contributed by atoms with Gasteiger partial charge in [-0.3, -0.25) is 4.79 Å². The molecule has 0 aromatic rings. The Bertz CT molecular complexity index is 418. The first-order chi connectivity index (χ1) is 9.15. The molecule has 118 valence electrons. The molecule has 5 nitrogen and oxygen atoms in total. The number of sulfonamides is 1. The van der Waals surface area contributed by atoms with Crippen LogP contribution in [-0.2, 0) is 14.8 Å². The van der Waals surface area contributed by atoms with Crippen molar-refractivity contribution in [3.63, 3.8) is 0 Å². The maximum atomic E-state index is 12.1. The number of rotatable bonds is 5. The molecule has 1 rings (SSSR count). The highest BCUT2D eigenvalue weighted by Gasteiger charge is 2.31. The molecule has 1 aliphatic heterocycles. The van der Waals surface area contributed by atoms with E-state index in [1.165, 1.54) is 0 Å². The van der Waals surface area contributed by atoms with E-state index >= 15 is 0 Å². The molecule has 1 heterocycles. The van der Waals surface area contributed by atoms with Crippen LogP contribution in [0.25, 0.3) is 0 Å². The maximum Gasteiger partial charge on any atom is 0.223 e. The molecule has 0 unspecified atom stereocenters. The second-order valence-corrected chi connectivity index (χ2v) is 8.67. The first-order valence-electron chi connectivity index (χ1n) is 7.45. The number of carbonyl (C=O) groups is 1. The van der Waals surface area contributed by atoms with Crippen molar-refractivity contribution in [1.82, 2.24) is 9.62 Å². The van der Waals surface area contributed by atoms with E-state index in [9.17, 15) is 13.2 Å². The minimum Gasteiger partial charge on any atom is -0.351 e. The van der Waals surface area contributed by atoms with Crippen molar-refractivity contribution >= 4 is 15.9 Å². The minimum atomic E-state index is -3.13. The van der Waals surface area contributed by atoms with Gasteiger partial charge in [0.2, 0.25) is 15.9 Å². The average Bonchev–Trinajstić information content (AvgIpc) is 2.34. The molecular weight excluding hydrogens is 276 g/mol. The zero-order valence-electron chi connectivity index (χ0n) is 13.1. The third-order valence-electron chi connectivity index (χ3n) is 3.47. The van der Waals surface area contributed by atoms with Crippen molar-refractivity contribution in [2.75, 3.05) is 18.8 Å². The van der Waals surface area contributed by atoms with Gasteiger partial charge >= 0.3 is 0 Å². The van der Waals surface area contributed by atoms with E-state index in [0.29, 0.717) is 32.4 Å². The van der Waals surface area contributed by atoms with E-state index in [1.54, 1.807) is 4.31 Å². The summed E-state index contributed by atoms with van der Waals surface area (Å²) in [6, 6.07) is 0. The monoisotopic (exact) mass is 304 g/mol. The van der Waals surface area contributed by atoms with Crippen LogP contribution in [-0.4, -0.2) is 43.0 Å². The van der Waals surface area contributed by atoms with E-state index in [0.717, 1.165) is 6.42 Å². The fourth-order valence-corrected chi connectivity index (χ4v) is 4.00. The molecule has 0 bridgehead atoms. The number of carbonyl (C=O) groups excluding carboxylic acids is 1. The largest absolute Gasteiger partial charge is 0.351 e. The van der Waals surface area contributed by atoms with Crippen molar-refractivity contribution < 1.29 is 13.2 Å². The highest BCUT2D eigenvalue weighted by molar-refractivity contribution is 7.89. The molecule has 1 aliphatic rings. The Kier molecular flexibility index (Phi) is 6.01. The molecule has 20 heavy (non-hydrogen) atoms. The van der Waals surface area contributed by atoms with E-state index < -0.39 is 10.0 Å². The molecule has 1 fully saturated rings. The Morgan fingerprint density at radius 3 is 2.25 bits per heavy atom. The first-order valence-corrected chi connectivity index (χ1v) is 9.06. The van der Waals surface area contributed by atoms with Gasteiger partial charge in [0.1, 0.15) is 0 Å². The van der Waals surface area contributed by atoms with Gasteiger partial charge in [-0.05, 0) is 40.0 Å². The summed E-state index contributed by atoms with van der Waals surface area (Å²) in [4.78, 5) is 12.1. The van der Waals surface area contributed by atoms with Gasteiger partial charge < -0.3 is 5.32 Å². The Labute approximate surface area is 123 Å². The third kappa shape index (κ3) is 5.40. The third-order valence-corrected chi connectivity index (χ3v) is 5.43. The molecule has 0 radical (unpaired) electrons. The standard InChI is InChI=1S/C14H28N2O3S/c1-5-6-11-20(18,19)16-9-7-12(8-10-16)13(17)15-14(2,3)4/h12H,5-11H2,1-4H3,(H,15,17). The van der Waals surface area contributed by atoms with Crippen molar-refractivity contribution in [2.24, 2.45) is 5.92 Å². The molecule has 0 atom stereocenters. The molecular formula is C14H28N2O3S. The van der Waals surface area contributed by atoms with Crippen LogP contribution in [0, 0.1) is 5.92 Å². The smallest absolute Gasteiger partial charge is 0.223 e. The summed E-state index contributed by atoms with van der Waals surface area (Å²) in [7, 11) is -3.13. The average molecular weight is 304 g/mol. The molecule has 0 aliphatic carbocycles. The lowest BCUT2D eigenvalue weighted by molar-refractivity contribution is -0.127. The van der Waals surface area contributed by atoms with Crippen molar-refractivity contribution in [3.8, 4) is 0 Å². The van der Waals surface area contributed by atoms with Gasteiger partial charge in [0.05, 0.1) is 5.75 Å². The van der Waals surface area contributed by atoms with Gasteiger partial charge in [0.25, 0.3) is 0 Å². The van der Waals surface area contributed by atoms with Crippen LogP contribution in [0.1, 0.15) is 53.4 Å². The van der Waals surface area contributed by atoms with Crippen LogP contribution < -0.4 is 5.32 Å². The Morgan fingerprint density at radius 2 is 1.80 bits per heavy atom. The predicted octanol–water partition coefficient (Wildman–Crippen LogP) is 1.74. The maximum absolute atomic E-state index is 12.1. The second kappa shape index (κ2) is 6.89. The summed E-state index contributed by atoms with van der Waals surface area (Å²) < 4.78 is 25.7. The first kappa shape index (κ1) is 17.4. The number of unbranched alkanes of at least 4 members (excludes halogenated alkanes) is 1. The van der Waals surface area contributed by atoms with Gasteiger partial charge in [-0.2, -0.15) is 0 Å². The summed E-state index contributed by atoms with van der Waals surface area (Å²) in [5.41, 5.74) is -0.235. The summed E-state index contributed by atoms with van der Waals surface area (Å²) >= 11 is 0. The van der Waals surface area contributed by atoms with E-state index in [1.807, 2.05) is 27.7 Å². The molecule has 1 N–H and O–H groups in total. The minimum absolute atomic E-state index is 0.0445. The van der Waals surface area contributed by atoms with Crippen LogP contribution >= 0.6 is 0 Å². The zero-order chi connectivity index (χ0) is 15.4. The topological polar surface area (TPSA) is 66.5 Å². The van der Waals surface area contributed by atoms with Gasteiger partial charge in [0, 0.05) is 24.5 Å². The van der Waals surface area contributed by atoms with Crippen LogP contribution in [0.5, 0.6) is 0 Å². The zero-order valence-corrected chi connectivity index (χ0v) is 13.9. The number of nitrogens with zero attached hydrogens (tertiary/aromatic N) is 1. The number of hydrogen-bond donors (Lipinski definition) is 1. The highest BCUT2D eigenvalue weighted by atomic mass is 32.2. The normalized spacial score (nSPS) is 19.0. The summed E-state index contributed by atoms with van der Waals surface area (Å²) in [5.74, 6) is 0.206. The number of nitrogens with one attached hydrogen (secondary N) is 1. The number of hydrogen-bond acceptors (Lipinski definition) is 3. The summed E-state index contributed by atoms with van der Waals surface area (Å²) in [5, 5.41) is 2.97. The SMILES string of the molecule is CCCCS(=O)(=O)N1CCC(C(=O)NC(C)(C)C)CC1. The van der Waals surface area contributed by atoms with Crippen LogP contribution in [0.3, 0.4) is 0 Å². The molecule has 0 saturated carbocycles. The number of amides is 1. The molecule has 6 heteroatoms. The van der Waals surface area contributed by atoms with E-state index in [2.05, 4.69) is 5.32 Å². The van der Waals surface area contributed by atoms with Gasteiger partial charge in [-0.25, -0.2) is 12.7 Å².